The molecule has 0 saturated carbocycles. The minimum absolute atomic E-state index is 0.00976. The molecule has 2 unspecified atom stereocenters. The number of Topliss-reactive ketones (excluding diaryl/α,β-unsaturated/α-hetero) is 1. The number of unbranched alkanes of at least 4 members (excludes halogenated alkanes) is 1. The summed E-state index contributed by atoms with van der Waals surface area (Å²) in [5.41, 5.74) is -0.433. The minimum Gasteiger partial charge on any atom is -0.463 e. The van der Waals surface area contributed by atoms with Crippen LogP contribution in [0.5, 0.6) is 0 Å². The molecular formula is C20H32O7. The van der Waals surface area contributed by atoms with E-state index in [9.17, 15) is 14.7 Å². The fourth-order valence-corrected chi connectivity index (χ4v) is 2.94. The average molecular weight is 384 g/mol. The number of aliphatic hydroxyl groups is 4. The van der Waals surface area contributed by atoms with Gasteiger partial charge in [-0.2, -0.15) is 0 Å². The van der Waals surface area contributed by atoms with Gasteiger partial charge in [0, 0.05) is 19.3 Å². The van der Waals surface area contributed by atoms with E-state index in [-0.39, 0.29) is 37.1 Å². The summed E-state index contributed by atoms with van der Waals surface area (Å²) in [5, 5.41) is 37.0. The average Bonchev–Trinajstić information content (AvgIpc) is 2.54. The van der Waals surface area contributed by atoms with Crippen molar-refractivity contribution in [3.8, 4) is 0 Å². The van der Waals surface area contributed by atoms with Crippen molar-refractivity contribution in [2.45, 2.75) is 71.4 Å². The molecule has 0 aromatic rings. The molecule has 1 rings (SSSR count). The van der Waals surface area contributed by atoms with Crippen LogP contribution in [0.3, 0.4) is 0 Å². The van der Waals surface area contributed by atoms with Gasteiger partial charge >= 0.3 is 5.97 Å². The van der Waals surface area contributed by atoms with Crippen molar-refractivity contribution in [3.63, 3.8) is 0 Å². The molecular weight excluding hydrogens is 352 g/mol. The molecule has 0 aromatic carbocycles. The van der Waals surface area contributed by atoms with E-state index >= 15 is 0 Å². The first-order valence-corrected chi connectivity index (χ1v) is 9.32. The summed E-state index contributed by atoms with van der Waals surface area (Å²) in [6.07, 6.45) is 4.73. The summed E-state index contributed by atoms with van der Waals surface area (Å²) >= 11 is 0. The van der Waals surface area contributed by atoms with Gasteiger partial charge in [0.2, 0.25) is 0 Å². The lowest BCUT2D eigenvalue weighted by Crippen LogP contribution is -2.38. The Kier molecular flexibility index (Phi) is 8.35. The van der Waals surface area contributed by atoms with E-state index in [1.165, 1.54) is 6.92 Å². The lowest BCUT2D eigenvalue weighted by Gasteiger charge is -2.28. The van der Waals surface area contributed by atoms with Crippen LogP contribution in [-0.2, 0) is 14.3 Å². The second-order valence-corrected chi connectivity index (χ2v) is 7.77. The lowest BCUT2D eigenvalue weighted by molar-refractivity contribution is -0.315. The van der Waals surface area contributed by atoms with Gasteiger partial charge in [-0.05, 0) is 49.7 Å². The highest BCUT2D eigenvalue weighted by Gasteiger charge is 2.35. The van der Waals surface area contributed by atoms with Gasteiger partial charge in [-0.15, -0.1) is 0 Å². The van der Waals surface area contributed by atoms with Crippen molar-refractivity contribution in [2.24, 2.45) is 11.8 Å². The van der Waals surface area contributed by atoms with Crippen molar-refractivity contribution in [2.75, 3.05) is 6.61 Å². The molecule has 0 spiro atoms. The molecule has 0 amide bonds. The van der Waals surface area contributed by atoms with Crippen LogP contribution in [-0.4, -0.2) is 50.4 Å². The first-order valence-electron chi connectivity index (χ1n) is 9.32. The summed E-state index contributed by atoms with van der Waals surface area (Å²) in [5.74, 6) is -3.01. The third kappa shape index (κ3) is 7.54. The Morgan fingerprint density at radius 3 is 2.48 bits per heavy atom. The van der Waals surface area contributed by atoms with Gasteiger partial charge < -0.3 is 25.2 Å². The predicted molar refractivity (Wildman–Crippen MR) is 99.2 cm³/mol. The number of hydrogen-bond acceptors (Lipinski definition) is 7. The van der Waals surface area contributed by atoms with Gasteiger partial charge in [0.15, 0.2) is 5.60 Å². The van der Waals surface area contributed by atoms with E-state index < -0.39 is 17.5 Å². The fourth-order valence-electron chi connectivity index (χ4n) is 2.94. The summed E-state index contributed by atoms with van der Waals surface area (Å²) in [6, 6.07) is 0. The Morgan fingerprint density at radius 1 is 1.30 bits per heavy atom. The highest BCUT2D eigenvalue weighted by Crippen LogP contribution is 2.32. The Labute approximate surface area is 160 Å². The Balaban J connectivity index is 2.70. The lowest BCUT2D eigenvalue weighted by atomic mass is 9.78. The van der Waals surface area contributed by atoms with Gasteiger partial charge in [0.05, 0.1) is 6.61 Å². The molecule has 1 aliphatic rings. The quantitative estimate of drug-likeness (QED) is 0.270. The van der Waals surface area contributed by atoms with E-state index in [1.54, 1.807) is 13.0 Å². The molecule has 0 heterocycles. The Bertz CT molecular complexity index is 594. The molecule has 1 aliphatic carbocycles. The standard InChI is InChI=1S/C20H32O7/c1-13(2)17-12-16(21)8-7-15(17)11-14(3)19(4,23)18(22)27-10-6-5-9-20(24,25)26/h7,11,13,17,23-26H,5-6,8-10,12H2,1-4H3/b14-11+. The van der Waals surface area contributed by atoms with E-state index in [1.807, 2.05) is 19.9 Å². The molecule has 4 N–H and O–H groups in total. The van der Waals surface area contributed by atoms with Crippen molar-refractivity contribution in [1.82, 2.24) is 0 Å². The second-order valence-electron chi connectivity index (χ2n) is 7.77. The van der Waals surface area contributed by atoms with E-state index in [4.69, 9.17) is 20.1 Å². The van der Waals surface area contributed by atoms with Crippen LogP contribution < -0.4 is 0 Å². The zero-order valence-corrected chi connectivity index (χ0v) is 16.6. The molecule has 0 radical (unpaired) electrons. The van der Waals surface area contributed by atoms with Gasteiger partial charge in [-0.25, -0.2) is 4.79 Å². The molecule has 0 saturated heterocycles. The number of ketones is 1. The van der Waals surface area contributed by atoms with Crippen LogP contribution in [0, 0.1) is 11.8 Å². The molecule has 27 heavy (non-hydrogen) atoms. The van der Waals surface area contributed by atoms with Crippen LogP contribution >= 0.6 is 0 Å². The van der Waals surface area contributed by atoms with Gasteiger partial charge in [0.25, 0.3) is 5.97 Å². The van der Waals surface area contributed by atoms with E-state index in [0.29, 0.717) is 24.8 Å². The third-order valence-electron chi connectivity index (χ3n) is 4.93. The predicted octanol–water partition coefficient (Wildman–Crippen LogP) is 1.59. The number of rotatable bonds is 9. The fraction of sp³-hybridized carbons (Fsp3) is 0.700. The highest BCUT2D eigenvalue weighted by atomic mass is 16.7. The van der Waals surface area contributed by atoms with Crippen LogP contribution in [0.15, 0.2) is 23.3 Å². The topological polar surface area (TPSA) is 124 Å². The normalized spacial score (nSPS) is 21.1. The zero-order valence-electron chi connectivity index (χ0n) is 16.6. The zero-order chi connectivity index (χ0) is 20.8. The summed E-state index contributed by atoms with van der Waals surface area (Å²) < 4.78 is 5.07. The largest absolute Gasteiger partial charge is 0.463 e. The summed E-state index contributed by atoms with van der Waals surface area (Å²) in [7, 11) is 0. The number of allylic oxidation sites excluding steroid dienone is 3. The minimum atomic E-state index is -2.73. The Morgan fingerprint density at radius 2 is 1.93 bits per heavy atom. The highest BCUT2D eigenvalue weighted by molar-refractivity contribution is 5.84. The first-order chi connectivity index (χ1) is 12.3. The molecule has 7 nitrogen and oxygen atoms in total. The number of carbonyl (C=O) groups is 2. The maximum atomic E-state index is 12.2. The molecule has 154 valence electrons. The third-order valence-corrected chi connectivity index (χ3v) is 4.93. The molecule has 2 atom stereocenters. The molecule has 0 fully saturated rings. The van der Waals surface area contributed by atoms with Crippen LogP contribution in [0.4, 0.5) is 0 Å². The van der Waals surface area contributed by atoms with E-state index in [0.717, 1.165) is 5.57 Å². The maximum absolute atomic E-state index is 12.2. The number of carbonyl (C=O) groups excluding carboxylic acids is 2. The van der Waals surface area contributed by atoms with Crippen molar-refractivity contribution >= 4 is 11.8 Å². The van der Waals surface area contributed by atoms with Crippen LogP contribution in [0.25, 0.3) is 0 Å². The van der Waals surface area contributed by atoms with Crippen molar-refractivity contribution in [1.29, 1.82) is 0 Å². The maximum Gasteiger partial charge on any atom is 0.342 e. The van der Waals surface area contributed by atoms with E-state index in [2.05, 4.69) is 0 Å². The Hall–Kier alpha value is -1.54. The first kappa shape index (κ1) is 23.5. The van der Waals surface area contributed by atoms with Crippen molar-refractivity contribution < 1.29 is 34.8 Å². The summed E-state index contributed by atoms with van der Waals surface area (Å²) in [6.45, 7) is 7.07. The van der Waals surface area contributed by atoms with Gasteiger partial charge in [-0.3, -0.25) is 4.79 Å². The summed E-state index contributed by atoms with van der Waals surface area (Å²) in [4.78, 5) is 24.0. The number of hydrogen-bond donors (Lipinski definition) is 4. The molecule has 0 bridgehead atoms. The smallest absolute Gasteiger partial charge is 0.342 e. The number of esters is 1. The van der Waals surface area contributed by atoms with Gasteiger partial charge in [-0.1, -0.05) is 26.0 Å². The van der Waals surface area contributed by atoms with Crippen LogP contribution in [0.2, 0.25) is 0 Å². The number of ether oxygens (including phenoxy) is 1. The second kappa shape index (κ2) is 9.59. The van der Waals surface area contributed by atoms with Crippen molar-refractivity contribution in [3.05, 3.63) is 23.3 Å². The monoisotopic (exact) mass is 384 g/mol. The van der Waals surface area contributed by atoms with Crippen LogP contribution in [0.1, 0.15) is 59.8 Å². The molecule has 7 heteroatoms. The van der Waals surface area contributed by atoms with Gasteiger partial charge in [0.1, 0.15) is 5.78 Å². The molecule has 0 aliphatic heterocycles. The molecule has 0 aromatic heterocycles. The SMILES string of the molecule is C/C(=C\C1=CCC(=O)CC1C(C)C)C(C)(O)C(=O)OCCCCC(O)(O)O.